The summed E-state index contributed by atoms with van der Waals surface area (Å²) >= 11 is 0. The van der Waals surface area contributed by atoms with E-state index in [-0.39, 0.29) is 24.7 Å². The van der Waals surface area contributed by atoms with E-state index in [2.05, 4.69) is 0 Å². The number of aromatic hydroxyl groups is 1. The van der Waals surface area contributed by atoms with E-state index in [1.807, 2.05) is 12.1 Å². The Hall–Kier alpha value is -2.90. The topological polar surface area (TPSA) is 171 Å². The van der Waals surface area contributed by atoms with Gasteiger partial charge in [-0.25, -0.2) is 0 Å². The monoisotopic (exact) mass is 520 g/mol. The molecule has 1 aliphatic heterocycles. The fourth-order valence-electron chi connectivity index (χ4n) is 4.42. The van der Waals surface area contributed by atoms with Gasteiger partial charge in [-0.2, -0.15) is 0 Å². The SMILES string of the molecule is COc1cc(-c2oc3c(OC)cc(CCCO)cc3c2COC2OC(CO)C(O)C(O)C2O)ccc1O. The summed E-state index contributed by atoms with van der Waals surface area (Å²) in [6.45, 7) is -0.707. The van der Waals surface area contributed by atoms with Crippen molar-refractivity contribution in [3.05, 3.63) is 41.5 Å². The maximum absolute atomic E-state index is 10.4. The summed E-state index contributed by atoms with van der Waals surface area (Å²) in [6, 6.07) is 8.43. The van der Waals surface area contributed by atoms with Crippen LogP contribution in [-0.4, -0.2) is 88.8 Å². The first-order valence-electron chi connectivity index (χ1n) is 11.9. The molecule has 2 aromatic carbocycles. The molecule has 37 heavy (non-hydrogen) atoms. The molecule has 1 saturated heterocycles. The van der Waals surface area contributed by atoms with E-state index in [1.165, 1.54) is 20.3 Å². The van der Waals surface area contributed by atoms with Gasteiger partial charge < -0.3 is 54.0 Å². The number of aryl methyl sites for hydroxylation is 1. The van der Waals surface area contributed by atoms with Crippen LogP contribution in [-0.2, 0) is 22.5 Å². The Labute approximate surface area is 213 Å². The molecule has 1 aromatic heterocycles. The van der Waals surface area contributed by atoms with Gasteiger partial charge in [0.2, 0.25) is 0 Å². The minimum atomic E-state index is -1.58. The number of aliphatic hydroxyl groups is 5. The first-order valence-corrected chi connectivity index (χ1v) is 11.9. The minimum Gasteiger partial charge on any atom is -0.504 e. The number of phenols is 1. The van der Waals surface area contributed by atoms with Crippen molar-refractivity contribution in [1.29, 1.82) is 0 Å². The van der Waals surface area contributed by atoms with Gasteiger partial charge in [0.15, 0.2) is 29.1 Å². The number of rotatable bonds is 10. The van der Waals surface area contributed by atoms with Crippen LogP contribution in [0.25, 0.3) is 22.3 Å². The third kappa shape index (κ3) is 5.39. The van der Waals surface area contributed by atoms with Crippen molar-refractivity contribution in [3.8, 4) is 28.6 Å². The molecule has 6 N–H and O–H groups in total. The van der Waals surface area contributed by atoms with Gasteiger partial charge in [-0.05, 0) is 48.7 Å². The highest BCUT2D eigenvalue weighted by Crippen LogP contribution is 2.42. The number of benzene rings is 2. The van der Waals surface area contributed by atoms with Gasteiger partial charge in [0.05, 0.1) is 27.4 Å². The molecule has 0 saturated carbocycles. The van der Waals surface area contributed by atoms with E-state index in [0.29, 0.717) is 46.4 Å². The summed E-state index contributed by atoms with van der Waals surface area (Å²) in [6.07, 6.45) is -5.98. The molecular formula is C26H32O11. The van der Waals surface area contributed by atoms with Crippen molar-refractivity contribution in [3.63, 3.8) is 0 Å². The van der Waals surface area contributed by atoms with Crippen molar-refractivity contribution in [2.45, 2.75) is 50.2 Å². The van der Waals surface area contributed by atoms with Gasteiger partial charge in [-0.1, -0.05) is 0 Å². The highest BCUT2D eigenvalue weighted by molar-refractivity contribution is 5.92. The fraction of sp³-hybridized carbons (Fsp3) is 0.462. The van der Waals surface area contributed by atoms with Gasteiger partial charge in [0.1, 0.15) is 30.2 Å². The Kier molecular flexibility index (Phi) is 8.55. The highest BCUT2D eigenvalue weighted by atomic mass is 16.7. The third-order valence-electron chi connectivity index (χ3n) is 6.44. The van der Waals surface area contributed by atoms with Gasteiger partial charge in [-0.15, -0.1) is 0 Å². The summed E-state index contributed by atoms with van der Waals surface area (Å²) < 4.78 is 28.4. The second kappa shape index (κ2) is 11.7. The van der Waals surface area contributed by atoms with Crippen LogP contribution in [0.15, 0.2) is 34.7 Å². The highest BCUT2D eigenvalue weighted by Gasteiger charge is 2.44. The van der Waals surface area contributed by atoms with Crippen LogP contribution in [0.1, 0.15) is 17.5 Å². The van der Waals surface area contributed by atoms with Crippen LogP contribution in [0.4, 0.5) is 0 Å². The van der Waals surface area contributed by atoms with E-state index in [9.17, 15) is 30.6 Å². The van der Waals surface area contributed by atoms with Gasteiger partial charge in [0.25, 0.3) is 0 Å². The summed E-state index contributed by atoms with van der Waals surface area (Å²) in [5, 5.41) is 60.1. The number of aliphatic hydroxyl groups excluding tert-OH is 5. The number of phenolic OH excluding ortho intramolecular Hbond substituents is 1. The molecule has 11 nitrogen and oxygen atoms in total. The molecule has 0 amide bonds. The zero-order valence-electron chi connectivity index (χ0n) is 20.5. The maximum Gasteiger partial charge on any atom is 0.187 e. The van der Waals surface area contributed by atoms with E-state index in [1.54, 1.807) is 12.1 Å². The second-order valence-electron chi connectivity index (χ2n) is 8.81. The Balaban J connectivity index is 1.78. The summed E-state index contributed by atoms with van der Waals surface area (Å²) in [7, 11) is 2.94. The minimum absolute atomic E-state index is 0.0252. The number of furan rings is 1. The third-order valence-corrected chi connectivity index (χ3v) is 6.44. The molecule has 2 heterocycles. The molecular weight excluding hydrogens is 488 g/mol. The van der Waals surface area contributed by atoms with Crippen molar-refractivity contribution in [2.75, 3.05) is 27.4 Å². The average molecular weight is 521 g/mol. The van der Waals surface area contributed by atoms with Gasteiger partial charge in [-0.3, -0.25) is 0 Å². The Morgan fingerprint density at radius 2 is 1.68 bits per heavy atom. The summed E-state index contributed by atoms with van der Waals surface area (Å²) in [4.78, 5) is 0. The molecule has 5 unspecified atom stereocenters. The van der Waals surface area contributed by atoms with Crippen LogP contribution >= 0.6 is 0 Å². The molecule has 1 aliphatic rings. The average Bonchev–Trinajstić information content (AvgIpc) is 3.28. The number of hydrogen-bond acceptors (Lipinski definition) is 11. The predicted molar refractivity (Wildman–Crippen MR) is 130 cm³/mol. The molecule has 0 spiro atoms. The molecule has 0 bridgehead atoms. The first kappa shape index (κ1) is 27.1. The van der Waals surface area contributed by atoms with Crippen molar-refractivity contribution < 1.29 is 54.0 Å². The number of hydrogen-bond donors (Lipinski definition) is 6. The molecule has 3 aromatic rings. The quantitative estimate of drug-likeness (QED) is 0.226. The van der Waals surface area contributed by atoms with Crippen LogP contribution in [0.2, 0.25) is 0 Å². The lowest BCUT2D eigenvalue weighted by molar-refractivity contribution is -0.304. The molecule has 5 atom stereocenters. The van der Waals surface area contributed by atoms with Crippen molar-refractivity contribution in [1.82, 2.24) is 0 Å². The Morgan fingerprint density at radius 3 is 2.35 bits per heavy atom. The number of ether oxygens (including phenoxy) is 4. The first-order chi connectivity index (χ1) is 17.8. The van der Waals surface area contributed by atoms with E-state index < -0.39 is 37.3 Å². The van der Waals surface area contributed by atoms with Crippen LogP contribution in [0.3, 0.4) is 0 Å². The smallest absolute Gasteiger partial charge is 0.187 e. The summed E-state index contributed by atoms with van der Waals surface area (Å²) in [5.41, 5.74) is 2.45. The Bertz CT molecular complexity index is 1200. The molecule has 11 heteroatoms. The lowest BCUT2D eigenvalue weighted by Gasteiger charge is -2.39. The largest absolute Gasteiger partial charge is 0.504 e. The standard InChI is InChI=1S/C26H32O11/c1-33-18-10-14(5-6-17(18)29)24-16(12-35-26-23(32)22(31)21(30)20(11-28)36-26)15-8-13(4-3-7-27)9-19(34-2)25(15)37-24/h5-6,8-10,20-23,26-32H,3-4,7,11-12H2,1-2H3. The molecule has 0 aliphatic carbocycles. The maximum atomic E-state index is 10.4. The zero-order valence-corrected chi connectivity index (χ0v) is 20.5. The normalized spacial score (nSPS) is 23.9. The Morgan fingerprint density at radius 1 is 0.919 bits per heavy atom. The molecule has 1 fully saturated rings. The van der Waals surface area contributed by atoms with E-state index in [0.717, 1.165) is 5.56 Å². The van der Waals surface area contributed by atoms with Crippen LogP contribution in [0.5, 0.6) is 17.2 Å². The summed E-state index contributed by atoms with van der Waals surface area (Å²) in [5.74, 6) is 1.03. The lowest BCUT2D eigenvalue weighted by atomic mass is 9.99. The van der Waals surface area contributed by atoms with E-state index >= 15 is 0 Å². The molecule has 202 valence electrons. The molecule has 0 radical (unpaired) electrons. The van der Waals surface area contributed by atoms with Crippen LogP contribution < -0.4 is 9.47 Å². The van der Waals surface area contributed by atoms with Crippen molar-refractivity contribution >= 4 is 11.0 Å². The van der Waals surface area contributed by atoms with Gasteiger partial charge >= 0.3 is 0 Å². The van der Waals surface area contributed by atoms with E-state index in [4.69, 9.17) is 23.4 Å². The number of methoxy groups -OCH3 is 2. The molecule has 4 rings (SSSR count). The second-order valence-corrected chi connectivity index (χ2v) is 8.81. The van der Waals surface area contributed by atoms with Crippen molar-refractivity contribution in [2.24, 2.45) is 0 Å². The van der Waals surface area contributed by atoms with Crippen LogP contribution in [0, 0.1) is 0 Å². The zero-order chi connectivity index (χ0) is 26.7. The van der Waals surface area contributed by atoms with Gasteiger partial charge in [0, 0.05) is 23.1 Å². The lowest BCUT2D eigenvalue weighted by Crippen LogP contribution is -2.59. The number of fused-ring (bicyclic) bond motifs is 1. The fourth-order valence-corrected chi connectivity index (χ4v) is 4.42. The predicted octanol–water partition coefficient (Wildman–Crippen LogP) is 1.06.